The number of likely N-dealkylation sites (tertiary alicyclic amines) is 1. The third-order valence-corrected chi connectivity index (χ3v) is 4.79. The molecule has 0 spiro atoms. The van der Waals surface area contributed by atoms with Gasteiger partial charge in [-0.05, 0) is 38.3 Å². The molecule has 1 fully saturated rings. The first-order valence-corrected chi connectivity index (χ1v) is 8.61. The Labute approximate surface area is 134 Å². The van der Waals surface area contributed by atoms with Gasteiger partial charge in [-0.25, -0.2) is 9.78 Å². The predicted octanol–water partition coefficient (Wildman–Crippen LogP) is 3.72. The number of carbonyl (C=O) groups is 1. The van der Waals surface area contributed by atoms with Crippen LogP contribution >= 0.6 is 11.3 Å². The fourth-order valence-electron chi connectivity index (χ4n) is 2.75. The van der Waals surface area contributed by atoms with Crippen molar-refractivity contribution in [2.24, 2.45) is 0 Å². The summed E-state index contributed by atoms with van der Waals surface area (Å²) in [7, 11) is 0. The highest BCUT2D eigenvalue weighted by molar-refractivity contribution is 7.22. The summed E-state index contributed by atoms with van der Waals surface area (Å²) in [5.41, 5.74) is 1.02. The van der Waals surface area contributed by atoms with Crippen LogP contribution in [0.1, 0.15) is 26.2 Å². The largest absolute Gasteiger partial charge is 0.450 e. The summed E-state index contributed by atoms with van der Waals surface area (Å²) in [4.78, 5) is 18.4. The van der Waals surface area contributed by atoms with E-state index >= 15 is 0 Å². The molecule has 1 aliphatic heterocycles. The molecule has 1 aromatic heterocycles. The average Bonchev–Trinajstić information content (AvgIpc) is 2.77. The molecule has 0 radical (unpaired) electrons. The van der Waals surface area contributed by atoms with Gasteiger partial charge in [-0.1, -0.05) is 23.5 Å². The van der Waals surface area contributed by atoms with Gasteiger partial charge >= 0.3 is 6.09 Å². The topological polar surface area (TPSA) is 54.5 Å². The predicted molar refractivity (Wildman–Crippen MR) is 89.5 cm³/mol. The van der Waals surface area contributed by atoms with Gasteiger partial charge in [0.25, 0.3) is 0 Å². The molecule has 1 aromatic carbocycles. The molecule has 3 rings (SSSR count). The summed E-state index contributed by atoms with van der Waals surface area (Å²) in [6.45, 7) is 3.71. The number of ether oxygens (including phenoxy) is 1. The zero-order valence-electron chi connectivity index (χ0n) is 12.7. The van der Waals surface area contributed by atoms with Crippen molar-refractivity contribution in [2.45, 2.75) is 32.2 Å². The molecule has 1 saturated heterocycles. The maximum absolute atomic E-state index is 12.0. The molecule has 0 saturated carbocycles. The number of fused-ring (bicyclic) bond motifs is 1. The van der Waals surface area contributed by atoms with Gasteiger partial charge in [0.1, 0.15) is 0 Å². The van der Waals surface area contributed by atoms with Gasteiger partial charge < -0.3 is 15.0 Å². The van der Waals surface area contributed by atoms with E-state index in [4.69, 9.17) is 4.74 Å². The van der Waals surface area contributed by atoms with Crippen LogP contribution in [0.15, 0.2) is 24.3 Å². The number of hydrogen-bond acceptors (Lipinski definition) is 5. The fourth-order valence-corrected chi connectivity index (χ4v) is 3.69. The second kappa shape index (κ2) is 6.96. The summed E-state index contributed by atoms with van der Waals surface area (Å²) in [5.74, 6) is 0. The number of aromatic nitrogens is 1. The van der Waals surface area contributed by atoms with Gasteiger partial charge in [-0.3, -0.25) is 0 Å². The van der Waals surface area contributed by atoms with Gasteiger partial charge in [-0.15, -0.1) is 0 Å². The van der Waals surface area contributed by atoms with Crippen LogP contribution in [0, 0.1) is 0 Å². The monoisotopic (exact) mass is 319 g/mol. The Balaban J connectivity index is 1.68. The Morgan fingerprint density at radius 1 is 1.45 bits per heavy atom. The van der Waals surface area contributed by atoms with Gasteiger partial charge in [0.15, 0.2) is 5.13 Å². The SMILES string of the molecule is CCOC(=O)N1CCCC[C@@H](Nc2nc3ccccc3s2)C1. The lowest BCUT2D eigenvalue weighted by Crippen LogP contribution is -2.39. The number of benzene rings is 1. The fraction of sp³-hybridized carbons (Fsp3) is 0.500. The molecule has 0 aliphatic carbocycles. The summed E-state index contributed by atoms with van der Waals surface area (Å²) in [6, 6.07) is 8.36. The number of rotatable bonds is 3. The summed E-state index contributed by atoms with van der Waals surface area (Å²) >= 11 is 1.66. The maximum Gasteiger partial charge on any atom is 0.409 e. The van der Waals surface area contributed by atoms with Crippen molar-refractivity contribution in [3.05, 3.63) is 24.3 Å². The molecule has 1 aliphatic rings. The average molecular weight is 319 g/mol. The molecule has 22 heavy (non-hydrogen) atoms. The van der Waals surface area contributed by atoms with Crippen LogP contribution in [0.2, 0.25) is 0 Å². The molecular weight excluding hydrogens is 298 g/mol. The molecule has 118 valence electrons. The number of anilines is 1. The van der Waals surface area contributed by atoms with Crippen molar-refractivity contribution >= 4 is 32.8 Å². The molecule has 1 amide bonds. The van der Waals surface area contributed by atoms with Crippen LogP contribution < -0.4 is 5.32 Å². The number of para-hydroxylation sites is 1. The standard InChI is InChI=1S/C16H21N3O2S/c1-2-21-16(20)19-10-6-5-7-12(11-19)17-15-18-13-8-3-4-9-14(13)22-15/h3-4,8-9,12H,2,5-7,10-11H2,1H3,(H,17,18)/t12-/m1/s1. The first-order valence-electron chi connectivity index (χ1n) is 7.80. The number of hydrogen-bond donors (Lipinski definition) is 1. The smallest absolute Gasteiger partial charge is 0.409 e. The van der Waals surface area contributed by atoms with Crippen molar-refractivity contribution in [3.8, 4) is 0 Å². The van der Waals surface area contributed by atoms with Crippen LogP contribution in [-0.4, -0.2) is 41.7 Å². The third-order valence-electron chi connectivity index (χ3n) is 3.82. The molecule has 5 nitrogen and oxygen atoms in total. The van der Waals surface area contributed by atoms with Crippen molar-refractivity contribution in [2.75, 3.05) is 25.0 Å². The van der Waals surface area contributed by atoms with Crippen molar-refractivity contribution in [3.63, 3.8) is 0 Å². The van der Waals surface area contributed by atoms with Gasteiger partial charge in [0, 0.05) is 19.1 Å². The first-order chi connectivity index (χ1) is 10.8. The molecule has 6 heteroatoms. The van der Waals surface area contributed by atoms with Gasteiger partial charge in [0.2, 0.25) is 0 Å². The minimum Gasteiger partial charge on any atom is -0.450 e. The normalized spacial score (nSPS) is 19.0. The van der Waals surface area contributed by atoms with Crippen LogP contribution in [0.4, 0.5) is 9.93 Å². The molecule has 0 unspecified atom stereocenters. The van der Waals surface area contributed by atoms with Crippen LogP contribution in [0.25, 0.3) is 10.2 Å². The molecule has 0 bridgehead atoms. The van der Waals surface area contributed by atoms with E-state index in [-0.39, 0.29) is 12.1 Å². The number of thiazole rings is 1. The van der Waals surface area contributed by atoms with Gasteiger partial charge in [-0.2, -0.15) is 0 Å². The Bertz CT molecular complexity index is 610. The number of nitrogens with zero attached hydrogens (tertiary/aromatic N) is 2. The van der Waals surface area contributed by atoms with E-state index in [0.717, 1.165) is 36.5 Å². The summed E-state index contributed by atoms with van der Waals surface area (Å²) < 4.78 is 6.31. The minimum atomic E-state index is -0.208. The van der Waals surface area contributed by atoms with E-state index < -0.39 is 0 Å². The lowest BCUT2D eigenvalue weighted by molar-refractivity contribution is 0.107. The molecule has 2 heterocycles. The number of nitrogens with one attached hydrogen (secondary N) is 1. The number of carbonyl (C=O) groups excluding carboxylic acids is 1. The van der Waals surface area contributed by atoms with E-state index in [9.17, 15) is 4.79 Å². The molecular formula is C16H21N3O2S. The van der Waals surface area contributed by atoms with Crippen molar-refractivity contribution in [1.29, 1.82) is 0 Å². The lowest BCUT2D eigenvalue weighted by Gasteiger charge is -2.24. The maximum atomic E-state index is 12.0. The van der Waals surface area contributed by atoms with E-state index in [1.807, 2.05) is 30.0 Å². The zero-order valence-corrected chi connectivity index (χ0v) is 13.6. The highest BCUT2D eigenvalue weighted by Crippen LogP contribution is 2.27. The second-order valence-corrected chi connectivity index (χ2v) is 6.50. The summed E-state index contributed by atoms with van der Waals surface area (Å²) in [6.07, 6.45) is 2.97. The van der Waals surface area contributed by atoms with Crippen LogP contribution in [0.3, 0.4) is 0 Å². The van der Waals surface area contributed by atoms with Gasteiger partial charge in [0.05, 0.1) is 16.8 Å². The van der Waals surface area contributed by atoms with Crippen molar-refractivity contribution < 1.29 is 9.53 Å². The summed E-state index contributed by atoms with van der Waals surface area (Å²) in [5, 5.41) is 4.42. The quantitative estimate of drug-likeness (QED) is 0.937. The highest BCUT2D eigenvalue weighted by atomic mass is 32.1. The highest BCUT2D eigenvalue weighted by Gasteiger charge is 2.23. The Hall–Kier alpha value is -1.82. The molecule has 2 aromatic rings. The lowest BCUT2D eigenvalue weighted by atomic mass is 10.1. The van der Waals surface area contributed by atoms with Crippen LogP contribution in [-0.2, 0) is 4.74 Å². The number of amides is 1. The second-order valence-electron chi connectivity index (χ2n) is 5.47. The Kier molecular flexibility index (Phi) is 4.77. The van der Waals surface area contributed by atoms with E-state index in [1.54, 1.807) is 11.3 Å². The van der Waals surface area contributed by atoms with E-state index in [0.29, 0.717) is 13.2 Å². The molecule has 1 atom stereocenters. The van der Waals surface area contributed by atoms with Crippen molar-refractivity contribution in [1.82, 2.24) is 9.88 Å². The van der Waals surface area contributed by atoms with Crippen LogP contribution in [0.5, 0.6) is 0 Å². The van der Waals surface area contributed by atoms with E-state index in [1.165, 1.54) is 4.70 Å². The first kappa shape index (κ1) is 15.1. The third kappa shape index (κ3) is 3.50. The zero-order chi connectivity index (χ0) is 15.4. The Morgan fingerprint density at radius 3 is 3.14 bits per heavy atom. The minimum absolute atomic E-state index is 0.208. The molecule has 1 N–H and O–H groups in total. The van der Waals surface area contributed by atoms with E-state index in [2.05, 4.69) is 16.4 Å². The Morgan fingerprint density at radius 2 is 2.32 bits per heavy atom.